The molecule has 5 nitrogen and oxygen atoms in total. The molecule has 0 saturated carbocycles. The molecule has 3 radical (unpaired) electrons. The number of rotatable bonds is 1. The zero-order valence-corrected chi connectivity index (χ0v) is 6.88. The third kappa shape index (κ3) is 4.15. The monoisotopic (exact) mass is 171 g/mol. The predicted molar refractivity (Wildman–Crippen MR) is 38.3 cm³/mol. The summed E-state index contributed by atoms with van der Waals surface area (Å²) >= 11 is 0. The van der Waals surface area contributed by atoms with Gasteiger partial charge in [0.05, 0.1) is 10.2 Å². The molecular formula is C5H7N2O3Si. The summed E-state index contributed by atoms with van der Waals surface area (Å²) in [6, 6.07) is -0.917. The second kappa shape index (κ2) is 4.50. The standard InChI is InChI=1S/C5H7N2O3Si/c1-3(2-11)4(8)10-7-5(6)9/h2H,1H3,(H3,6,7,9)/b3-2+. The average Bonchev–Trinajstić information content (AvgIpc) is 1.98. The van der Waals surface area contributed by atoms with E-state index in [0.717, 1.165) is 0 Å². The molecule has 0 bridgehead atoms. The highest BCUT2D eigenvalue weighted by atomic mass is 28.1. The highest BCUT2D eigenvalue weighted by molar-refractivity contribution is 6.19. The van der Waals surface area contributed by atoms with Crippen molar-refractivity contribution in [2.45, 2.75) is 6.92 Å². The first kappa shape index (κ1) is 9.70. The zero-order chi connectivity index (χ0) is 8.85. The second-order valence-corrected chi connectivity index (χ2v) is 1.97. The lowest BCUT2D eigenvalue weighted by Crippen LogP contribution is -2.32. The molecule has 0 aromatic heterocycles. The Morgan fingerprint density at radius 1 is 1.64 bits per heavy atom. The van der Waals surface area contributed by atoms with Gasteiger partial charge in [-0.1, -0.05) is 5.70 Å². The van der Waals surface area contributed by atoms with Crippen molar-refractivity contribution in [2.24, 2.45) is 5.73 Å². The Bertz CT molecular complexity index is 202. The van der Waals surface area contributed by atoms with E-state index in [1.165, 1.54) is 12.6 Å². The van der Waals surface area contributed by atoms with Crippen LogP contribution in [0, 0.1) is 0 Å². The summed E-state index contributed by atoms with van der Waals surface area (Å²) < 4.78 is 0. The largest absolute Gasteiger partial charge is 0.358 e. The van der Waals surface area contributed by atoms with Crippen molar-refractivity contribution in [3.8, 4) is 0 Å². The van der Waals surface area contributed by atoms with Gasteiger partial charge < -0.3 is 10.6 Å². The SMILES string of the molecule is C/C(=C\[Si])C(=O)ONC(N)=O. The Hall–Kier alpha value is -1.30. The van der Waals surface area contributed by atoms with Crippen LogP contribution in [0.1, 0.15) is 6.92 Å². The van der Waals surface area contributed by atoms with Gasteiger partial charge in [0.2, 0.25) is 0 Å². The minimum Gasteiger partial charge on any atom is -0.349 e. The lowest BCUT2D eigenvalue weighted by molar-refractivity contribution is -0.143. The van der Waals surface area contributed by atoms with Crippen LogP contribution in [0.5, 0.6) is 0 Å². The molecule has 0 heterocycles. The van der Waals surface area contributed by atoms with Crippen LogP contribution in [0.15, 0.2) is 11.3 Å². The normalized spacial score (nSPS) is 10.5. The number of amides is 2. The average molecular weight is 171 g/mol. The van der Waals surface area contributed by atoms with Gasteiger partial charge >= 0.3 is 12.0 Å². The molecule has 2 amide bonds. The lowest BCUT2D eigenvalue weighted by atomic mass is 10.4. The molecular weight excluding hydrogens is 164 g/mol. The highest BCUT2D eigenvalue weighted by Gasteiger charge is 2.04. The van der Waals surface area contributed by atoms with Gasteiger partial charge in [0, 0.05) is 5.57 Å². The van der Waals surface area contributed by atoms with E-state index in [1.54, 1.807) is 5.48 Å². The van der Waals surface area contributed by atoms with Crippen LogP contribution < -0.4 is 11.2 Å². The molecule has 6 heteroatoms. The van der Waals surface area contributed by atoms with Gasteiger partial charge in [-0.25, -0.2) is 9.59 Å². The zero-order valence-electron chi connectivity index (χ0n) is 5.88. The van der Waals surface area contributed by atoms with E-state index in [2.05, 4.69) is 20.8 Å². The number of hydrogen-bond acceptors (Lipinski definition) is 3. The molecule has 59 valence electrons. The first-order chi connectivity index (χ1) is 5.07. The Morgan fingerprint density at radius 3 is 2.55 bits per heavy atom. The third-order valence-electron chi connectivity index (χ3n) is 0.783. The molecule has 0 unspecified atom stereocenters. The van der Waals surface area contributed by atoms with Gasteiger partial charge in [0.25, 0.3) is 0 Å². The van der Waals surface area contributed by atoms with Crippen LogP contribution in [-0.4, -0.2) is 22.2 Å². The van der Waals surface area contributed by atoms with Gasteiger partial charge in [0.1, 0.15) is 0 Å². The molecule has 0 aliphatic heterocycles. The van der Waals surface area contributed by atoms with E-state index in [-0.39, 0.29) is 0 Å². The number of carbonyl (C=O) groups excluding carboxylic acids is 2. The molecule has 0 saturated heterocycles. The van der Waals surface area contributed by atoms with Crippen molar-refractivity contribution in [3.63, 3.8) is 0 Å². The van der Waals surface area contributed by atoms with Crippen LogP contribution in [0.3, 0.4) is 0 Å². The molecule has 0 rings (SSSR count). The fraction of sp³-hybridized carbons (Fsp3) is 0.200. The summed E-state index contributed by atoms with van der Waals surface area (Å²) in [4.78, 5) is 24.9. The number of carbonyl (C=O) groups is 2. The first-order valence-electron chi connectivity index (χ1n) is 2.68. The molecule has 0 aromatic rings. The van der Waals surface area contributed by atoms with E-state index in [4.69, 9.17) is 0 Å². The molecule has 0 spiro atoms. The summed E-state index contributed by atoms with van der Waals surface area (Å²) in [7, 11) is 2.96. The minimum absolute atomic E-state index is 0.315. The van der Waals surface area contributed by atoms with Crippen molar-refractivity contribution >= 4 is 22.2 Å². The van der Waals surface area contributed by atoms with Gasteiger partial charge in [-0.2, -0.15) is 5.48 Å². The number of nitrogens with one attached hydrogen (secondary N) is 1. The maximum Gasteiger partial charge on any atom is 0.358 e. The van der Waals surface area contributed by atoms with E-state index in [0.29, 0.717) is 5.57 Å². The summed E-state index contributed by atoms with van der Waals surface area (Å²) in [6.07, 6.45) is 0. The van der Waals surface area contributed by atoms with Crippen molar-refractivity contribution in [1.29, 1.82) is 0 Å². The molecule has 3 N–H and O–H groups in total. The smallest absolute Gasteiger partial charge is 0.349 e. The van der Waals surface area contributed by atoms with E-state index < -0.39 is 12.0 Å². The summed E-state index contributed by atoms with van der Waals surface area (Å²) in [6.45, 7) is 1.51. The van der Waals surface area contributed by atoms with E-state index in [9.17, 15) is 9.59 Å². The quantitative estimate of drug-likeness (QED) is 0.307. The number of hydroxylamine groups is 1. The first-order valence-corrected chi connectivity index (χ1v) is 3.26. The summed E-state index contributed by atoms with van der Waals surface area (Å²) in [5.41, 5.74) is 7.99. The number of urea groups is 1. The number of hydrogen-bond donors (Lipinski definition) is 2. The fourth-order valence-corrected chi connectivity index (χ4v) is 0.354. The molecule has 11 heavy (non-hydrogen) atoms. The summed E-state index contributed by atoms with van der Waals surface area (Å²) in [5, 5.41) is 0. The summed E-state index contributed by atoms with van der Waals surface area (Å²) in [5.74, 6) is -0.668. The lowest BCUT2D eigenvalue weighted by Gasteiger charge is -2.01. The Balaban J connectivity index is 3.80. The molecule has 0 aromatic carbocycles. The van der Waals surface area contributed by atoms with Crippen LogP contribution in [0.25, 0.3) is 0 Å². The fourth-order valence-electron chi connectivity index (χ4n) is 0.236. The van der Waals surface area contributed by atoms with E-state index in [1.807, 2.05) is 0 Å². The number of nitrogens with two attached hydrogens (primary N) is 1. The van der Waals surface area contributed by atoms with Crippen LogP contribution >= 0.6 is 0 Å². The number of primary amides is 1. The minimum atomic E-state index is -0.917. The maximum absolute atomic E-state index is 10.7. The third-order valence-corrected chi connectivity index (χ3v) is 1.22. The van der Waals surface area contributed by atoms with Crippen molar-refractivity contribution < 1.29 is 14.4 Å². The van der Waals surface area contributed by atoms with E-state index >= 15 is 0 Å². The molecule has 0 aliphatic rings. The highest BCUT2D eigenvalue weighted by Crippen LogP contribution is 1.91. The molecule has 0 atom stereocenters. The van der Waals surface area contributed by atoms with Gasteiger partial charge in [-0.15, -0.1) is 0 Å². The van der Waals surface area contributed by atoms with Crippen LogP contribution in [0.4, 0.5) is 4.79 Å². The Kier molecular flexibility index (Phi) is 3.97. The topological polar surface area (TPSA) is 81.4 Å². The van der Waals surface area contributed by atoms with Gasteiger partial charge in [-0.3, -0.25) is 0 Å². The van der Waals surface area contributed by atoms with Crippen LogP contribution in [-0.2, 0) is 9.63 Å². The van der Waals surface area contributed by atoms with Crippen molar-refractivity contribution in [2.75, 3.05) is 0 Å². The Labute approximate surface area is 67.0 Å². The Morgan fingerprint density at radius 2 is 2.18 bits per heavy atom. The van der Waals surface area contributed by atoms with Crippen molar-refractivity contribution in [3.05, 3.63) is 11.3 Å². The van der Waals surface area contributed by atoms with Gasteiger partial charge in [-0.05, 0) is 6.92 Å². The predicted octanol–water partition coefficient (Wildman–Crippen LogP) is -0.815. The van der Waals surface area contributed by atoms with Gasteiger partial charge in [0.15, 0.2) is 0 Å². The van der Waals surface area contributed by atoms with Crippen molar-refractivity contribution in [1.82, 2.24) is 5.48 Å². The molecule has 0 fully saturated rings. The molecule has 0 aliphatic carbocycles. The van der Waals surface area contributed by atoms with Crippen LogP contribution in [0.2, 0.25) is 0 Å². The second-order valence-electron chi connectivity index (χ2n) is 1.68. The maximum atomic E-state index is 10.7.